The largest absolute Gasteiger partial charge is 0.392 e. The van der Waals surface area contributed by atoms with E-state index in [9.17, 15) is 15.3 Å². The molecule has 1 rings (SSSR count). The first-order chi connectivity index (χ1) is 6.15. The van der Waals surface area contributed by atoms with Crippen molar-refractivity contribution in [2.75, 3.05) is 13.6 Å². The van der Waals surface area contributed by atoms with Gasteiger partial charge in [0.15, 0.2) is 0 Å². The molecule has 1 unspecified atom stereocenters. The summed E-state index contributed by atoms with van der Waals surface area (Å²) in [5, 5.41) is 31.2. The van der Waals surface area contributed by atoms with Gasteiger partial charge in [-0.05, 0) is 32.2 Å². The summed E-state index contributed by atoms with van der Waals surface area (Å²) in [4.78, 5) is 0. The zero-order valence-electron chi connectivity index (χ0n) is 7.98. The SMILES string of the molecule is CNCC(O)[C@@H]1CC[C@H](O)[C@@H](O)C1. The number of nitrogens with one attached hydrogen (secondary N) is 1. The predicted molar refractivity (Wildman–Crippen MR) is 49.3 cm³/mol. The summed E-state index contributed by atoms with van der Waals surface area (Å²) in [5.74, 6) is 0.117. The molecular formula is C9H19NO3. The van der Waals surface area contributed by atoms with E-state index in [4.69, 9.17) is 0 Å². The molecule has 13 heavy (non-hydrogen) atoms. The molecule has 4 atom stereocenters. The number of hydrogen-bond acceptors (Lipinski definition) is 4. The van der Waals surface area contributed by atoms with E-state index < -0.39 is 18.3 Å². The van der Waals surface area contributed by atoms with Gasteiger partial charge < -0.3 is 20.6 Å². The molecule has 0 aliphatic heterocycles. The third-order valence-electron chi connectivity index (χ3n) is 2.78. The molecule has 1 saturated carbocycles. The van der Waals surface area contributed by atoms with Gasteiger partial charge >= 0.3 is 0 Å². The van der Waals surface area contributed by atoms with E-state index in [0.29, 0.717) is 19.4 Å². The Bertz CT molecular complexity index is 154. The van der Waals surface area contributed by atoms with Crippen molar-refractivity contribution in [2.45, 2.75) is 37.6 Å². The number of rotatable bonds is 3. The fourth-order valence-corrected chi connectivity index (χ4v) is 1.89. The first-order valence-electron chi connectivity index (χ1n) is 4.84. The van der Waals surface area contributed by atoms with Crippen LogP contribution in [0, 0.1) is 5.92 Å². The second-order valence-corrected chi connectivity index (χ2v) is 3.83. The van der Waals surface area contributed by atoms with Gasteiger partial charge in [0.2, 0.25) is 0 Å². The average molecular weight is 189 g/mol. The maximum Gasteiger partial charge on any atom is 0.0802 e. The van der Waals surface area contributed by atoms with Crippen LogP contribution in [0.5, 0.6) is 0 Å². The van der Waals surface area contributed by atoms with Crippen molar-refractivity contribution in [2.24, 2.45) is 5.92 Å². The van der Waals surface area contributed by atoms with Gasteiger partial charge in [0.1, 0.15) is 0 Å². The summed E-state index contributed by atoms with van der Waals surface area (Å²) in [6.07, 6.45) is 0.216. The lowest BCUT2D eigenvalue weighted by atomic mass is 9.82. The molecule has 1 fully saturated rings. The monoisotopic (exact) mass is 189 g/mol. The second kappa shape index (κ2) is 4.91. The van der Waals surface area contributed by atoms with Crippen molar-refractivity contribution >= 4 is 0 Å². The molecule has 1 aliphatic carbocycles. The molecule has 0 radical (unpaired) electrons. The van der Waals surface area contributed by atoms with Gasteiger partial charge in [0.25, 0.3) is 0 Å². The highest BCUT2D eigenvalue weighted by Gasteiger charge is 2.31. The third-order valence-corrected chi connectivity index (χ3v) is 2.78. The van der Waals surface area contributed by atoms with Crippen LogP contribution in [0.15, 0.2) is 0 Å². The van der Waals surface area contributed by atoms with Crippen molar-refractivity contribution in [3.63, 3.8) is 0 Å². The van der Waals surface area contributed by atoms with Gasteiger partial charge in [-0.1, -0.05) is 0 Å². The lowest BCUT2D eigenvalue weighted by Gasteiger charge is -2.32. The Balaban J connectivity index is 2.36. The van der Waals surface area contributed by atoms with Gasteiger partial charge in [0.05, 0.1) is 18.3 Å². The summed E-state index contributed by atoms with van der Waals surface area (Å²) in [6.45, 7) is 0.549. The molecule has 0 aromatic rings. The fraction of sp³-hybridized carbons (Fsp3) is 1.00. The number of aliphatic hydroxyl groups is 3. The van der Waals surface area contributed by atoms with Gasteiger partial charge in [-0.2, -0.15) is 0 Å². The zero-order valence-corrected chi connectivity index (χ0v) is 7.98. The Morgan fingerprint density at radius 2 is 2.00 bits per heavy atom. The topological polar surface area (TPSA) is 72.7 Å². The molecule has 0 saturated heterocycles. The lowest BCUT2D eigenvalue weighted by Crippen LogP contribution is -2.40. The summed E-state index contributed by atoms with van der Waals surface area (Å²) in [6, 6.07) is 0. The quantitative estimate of drug-likeness (QED) is 0.464. The molecule has 0 aromatic heterocycles. The van der Waals surface area contributed by atoms with Gasteiger partial charge in [0, 0.05) is 6.54 Å². The van der Waals surface area contributed by atoms with Crippen molar-refractivity contribution in [1.82, 2.24) is 5.32 Å². The third kappa shape index (κ3) is 2.91. The fourth-order valence-electron chi connectivity index (χ4n) is 1.89. The van der Waals surface area contributed by atoms with Crippen LogP contribution in [0.25, 0.3) is 0 Å². The second-order valence-electron chi connectivity index (χ2n) is 3.83. The van der Waals surface area contributed by atoms with Crippen LogP contribution in [0.1, 0.15) is 19.3 Å². The minimum absolute atomic E-state index is 0.117. The van der Waals surface area contributed by atoms with Gasteiger partial charge in [-0.15, -0.1) is 0 Å². The maximum absolute atomic E-state index is 9.62. The summed E-state index contributed by atoms with van der Waals surface area (Å²) in [7, 11) is 1.79. The number of aliphatic hydroxyl groups excluding tert-OH is 3. The van der Waals surface area contributed by atoms with Crippen molar-refractivity contribution < 1.29 is 15.3 Å². The van der Waals surface area contributed by atoms with E-state index in [-0.39, 0.29) is 5.92 Å². The maximum atomic E-state index is 9.62. The van der Waals surface area contributed by atoms with Crippen LogP contribution in [-0.2, 0) is 0 Å². The van der Waals surface area contributed by atoms with Crippen molar-refractivity contribution in [1.29, 1.82) is 0 Å². The molecule has 0 heterocycles. The van der Waals surface area contributed by atoms with E-state index >= 15 is 0 Å². The van der Waals surface area contributed by atoms with E-state index in [1.54, 1.807) is 7.05 Å². The van der Waals surface area contributed by atoms with Crippen LogP contribution in [0.4, 0.5) is 0 Å². The highest BCUT2D eigenvalue weighted by molar-refractivity contribution is 4.83. The average Bonchev–Trinajstić information content (AvgIpc) is 2.10. The standard InChI is InChI=1S/C9H19NO3/c1-10-5-9(13)6-2-3-7(11)8(12)4-6/h6-13H,2-5H2,1H3/t6-,7+,8+,9?/m1/s1. The van der Waals surface area contributed by atoms with E-state index in [2.05, 4.69) is 5.32 Å². The molecule has 4 N–H and O–H groups in total. The minimum Gasteiger partial charge on any atom is -0.392 e. The summed E-state index contributed by atoms with van der Waals surface area (Å²) < 4.78 is 0. The smallest absolute Gasteiger partial charge is 0.0802 e. The molecule has 78 valence electrons. The molecule has 0 aromatic carbocycles. The van der Waals surface area contributed by atoms with E-state index in [1.807, 2.05) is 0 Å². The molecule has 0 amide bonds. The van der Waals surface area contributed by atoms with Crippen LogP contribution < -0.4 is 5.32 Å². The number of hydrogen-bond donors (Lipinski definition) is 4. The molecular weight excluding hydrogens is 170 g/mol. The molecule has 4 heteroatoms. The van der Waals surface area contributed by atoms with Crippen molar-refractivity contribution in [3.8, 4) is 0 Å². The number of likely N-dealkylation sites (N-methyl/N-ethyl adjacent to an activating group) is 1. The van der Waals surface area contributed by atoms with Crippen LogP contribution in [0.2, 0.25) is 0 Å². The Morgan fingerprint density at radius 1 is 1.31 bits per heavy atom. The summed E-state index contributed by atoms with van der Waals surface area (Å²) in [5.41, 5.74) is 0. The molecule has 1 aliphatic rings. The zero-order chi connectivity index (χ0) is 9.84. The van der Waals surface area contributed by atoms with Crippen molar-refractivity contribution in [3.05, 3.63) is 0 Å². The highest BCUT2D eigenvalue weighted by atomic mass is 16.3. The highest BCUT2D eigenvalue weighted by Crippen LogP contribution is 2.27. The van der Waals surface area contributed by atoms with Gasteiger partial charge in [-0.3, -0.25) is 0 Å². The predicted octanol–water partition coefficient (Wildman–Crippen LogP) is -0.911. The Hall–Kier alpha value is -0.160. The first-order valence-corrected chi connectivity index (χ1v) is 4.84. The van der Waals surface area contributed by atoms with Crippen LogP contribution >= 0.6 is 0 Å². The molecule has 0 bridgehead atoms. The van der Waals surface area contributed by atoms with Gasteiger partial charge in [-0.25, -0.2) is 0 Å². The minimum atomic E-state index is -0.662. The molecule has 4 nitrogen and oxygen atoms in total. The Morgan fingerprint density at radius 3 is 2.54 bits per heavy atom. The summed E-state index contributed by atoms with van der Waals surface area (Å²) >= 11 is 0. The van der Waals surface area contributed by atoms with Crippen LogP contribution in [0.3, 0.4) is 0 Å². The van der Waals surface area contributed by atoms with Crippen LogP contribution in [-0.4, -0.2) is 47.2 Å². The molecule has 0 spiro atoms. The van der Waals surface area contributed by atoms with E-state index in [1.165, 1.54) is 0 Å². The first kappa shape index (κ1) is 10.9. The lowest BCUT2D eigenvalue weighted by molar-refractivity contribution is -0.0487. The normalized spacial score (nSPS) is 37.4. The Kier molecular flexibility index (Phi) is 4.12. The Labute approximate surface area is 78.6 Å². The van der Waals surface area contributed by atoms with E-state index in [0.717, 1.165) is 6.42 Å².